The Morgan fingerprint density at radius 1 is 0.526 bits per heavy atom. The Labute approximate surface area is 240 Å². The second kappa shape index (κ2) is 26.4. The molecule has 0 aliphatic carbocycles. The molecule has 0 bridgehead atoms. The topological polar surface area (TPSA) is 19.7 Å². The molecule has 1 rings (SSSR count). The van der Waals surface area contributed by atoms with Crippen molar-refractivity contribution >= 4 is 0 Å². The normalized spacial score (nSPS) is 13.3. The number of hydrogen-bond donors (Lipinski definition) is 1. The Morgan fingerprint density at radius 2 is 0.868 bits per heavy atom. The highest BCUT2D eigenvalue weighted by atomic mass is 15.1. The van der Waals surface area contributed by atoms with E-state index in [1.165, 1.54) is 179 Å². The van der Waals surface area contributed by atoms with Gasteiger partial charge in [0.25, 0.3) is 5.82 Å². The van der Waals surface area contributed by atoms with Gasteiger partial charge in [0.2, 0.25) is 0 Å². The number of hydrogen-bond acceptors (Lipinski definition) is 0. The smallest absolute Gasteiger partial charge is 0.247 e. The van der Waals surface area contributed by atoms with E-state index in [9.17, 15) is 0 Å². The van der Waals surface area contributed by atoms with Crippen molar-refractivity contribution in [2.75, 3.05) is 0 Å². The average Bonchev–Trinajstić information content (AvgIpc) is 3.42. The second-order valence-electron chi connectivity index (χ2n) is 12.6. The molecule has 0 aromatic carbocycles. The van der Waals surface area contributed by atoms with Crippen molar-refractivity contribution < 1.29 is 4.57 Å². The third-order valence-corrected chi connectivity index (χ3v) is 9.01. The van der Waals surface area contributed by atoms with E-state index in [2.05, 4.69) is 49.6 Å². The number of rotatable bonds is 29. The molecule has 38 heavy (non-hydrogen) atoms. The predicted octanol–water partition coefficient (Wildman–Crippen LogP) is 12.5. The Kier molecular flexibility index (Phi) is 24.5. The molecule has 2 atom stereocenters. The van der Waals surface area contributed by atoms with Crippen LogP contribution < -0.4 is 4.57 Å². The van der Waals surface area contributed by atoms with Crippen molar-refractivity contribution in [3.8, 4) is 0 Å². The SMILES string of the molecule is CCCCCCCCCCCCCCCCCC(CCCCCCCCCCC)c1[nH]cc[n+]1C(C)CC. The molecule has 2 unspecified atom stereocenters. The third kappa shape index (κ3) is 18.5. The van der Waals surface area contributed by atoms with Crippen LogP contribution >= 0.6 is 0 Å². The van der Waals surface area contributed by atoms with Crippen LogP contribution in [-0.4, -0.2) is 4.98 Å². The Balaban J connectivity index is 2.19. The highest BCUT2D eigenvalue weighted by Crippen LogP contribution is 2.27. The van der Waals surface area contributed by atoms with Crippen molar-refractivity contribution in [2.24, 2.45) is 0 Å². The summed E-state index contributed by atoms with van der Waals surface area (Å²) in [6, 6.07) is 0.600. The van der Waals surface area contributed by atoms with Crippen molar-refractivity contribution in [3.63, 3.8) is 0 Å². The molecule has 2 heteroatoms. The number of nitrogens with zero attached hydrogens (tertiary/aromatic N) is 1. The van der Waals surface area contributed by atoms with E-state index in [0.29, 0.717) is 12.0 Å². The van der Waals surface area contributed by atoms with E-state index in [1.807, 2.05) is 0 Å². The minimum Gasteiger partial charge on any atom is -0.247 e. The maximum atomic E-state index is 3.67. The quantitative estimate of drug-likeness (QED) is 0.0783. The van der Waals surface area contributed by atoms with Crippen LogP contribution in [0.5, 0.6) is 0 Å². The number of aromatic nitrogens is 2. The fraction of sp³-hybridized carbons (Fsp3) is 0.917. The number of nitrogens with one attached hydrogen (secondary N) is 1. The largest absolute Gasteiger partial charge is 0.257 e. The van der Waals surface area contributed by atoms with E-state index in [4.69, 9.17) is 0 Å². The molecule has 0 saturated heterocycles. The molecule has 1 heterocycles. The molecule has 0 radical (unpaired) electrons. The lowest BCUT2D eigenvalue weighted by Gasteiger charge is -2.16. The molecular formula is C36H71N2+. The molecule has 0 amide bonds. The monoisotopic (exact) mass is 532 g/mol. The van der Waals surface area contributed by atoms with Crippen LogP contribution in [0.1, 0.15) is 219 Å². The zero-order valence-electron chi connectivity index (χ0n) is 26.8. The molecule has 0 saturated carbocycles. The molecule has 0 aliphatic rings. The van der Waals surface area contributed by atoms with Gasteiger partial charge in [0.1, 0.15) is 12.4 Å². The van der Waals surface area contributed by atoms with Gasteiger partial charge in [-0.05, 0) is 26.2 Å². The molecule has 1 aromatic rings. The lowest BCUT2D eigenvalue weighted by molar-refractivity contribution is -0.726. The summed E-state index contributed by atoms with van der Waals surface area (Å²) >= 11 is 0. The predicted molar refractivity (Wildman–Crippen MR) is 170 cm³/mol. The van der Waals surface area contributed by atoms with Crippen molar-refractivity contribution in [1.82, 2.24) is 4.98 Å². The fourth-order valence-electron chi connectivity index (χ4n) is 6.15. The number of aromatic amines is 1. The van der Waals surface area contributed by atoms with Crippen LogP contribution in [0.25, 0.3) is 0 Å². The van der Waals surface area contributed by atoms with Crippen LogP contribution in [0.4, 0.5) is 0 Å². The van der Waals surface area contributed by atoms with Crippen LogP contribution in [-0.2, 0) is 0 Å². The summed E-state index contributed by atoms with van der Waals surface area (Å²) < 4.78 is 2.55. The van der Waals surface area contributed by atoms with Crippen LogP contribution in [0.15, 0.2) is 12.4 Å². The molecule has 2 nitrogen and oxygen atoms in total. The second-order valence-corrected chi connectivity index (χ2v) is 12.6. The summed E-state index contributed by atoms with van der Waals surface area (Å²) in [6.07, 6.45) is 43.0. The van der Waals surface area contributed by atoms with Gasteiger partial charge in [-0.2, -0.15) is 0 Å². The van der Waals surface area contributed by atoms with Gasteiger partial charge in [-0.15, -0.1) is 0 Å². The molecule has 1 aromatic heterocycles. The summed E-state index contributed by atoms with van der Waals surface area (Å²) in [5.41, 5.74) is 0. The molecule has 1 N–H and O–H groups in total. The van der Waals surface area contributed by atoms with Gasteiger partial charge in [-0.3, -0.25) is 0 Å². The van der Waals surface area contributed by atoms with Gasteiger partial charge >= 0.3 is 0 Å². The van der Waals surface area contributed by atoms with Gasteiger partial charge < -0.3 is 0 Å². The summed E-state index contributed by atoms with van der Waals surface area (Å²) in [7, 11) is 0. The van der Waals surface area contributed by atoms with Gasteiger partial charge in [0, 0.05) is 0 Å². The van der Waals surface area contributed by atoms with Gasteiger partial charge in [-0.25, -0.2) is 9.55 Å². The minimum atomic E-state index is 0.600. The van der Waals surface area contributed by atoms with Crippen molar-refractivity contribution in [1.29, 1.82) is 0 Å². The lowest BCUT2D eigenvalue weighted by atomic mass is 9.93. The number of imidazole rings is 1. The first-order valence-electron chi connectivity index (χ1n) is 17.8. The van der Waals surface area contributed by atoms with Crippen molar-refractivity contribution in [3.05, 3.63) is 18.2 Å². The number of H-pyrrole nitrogens is 1. The first-order valence-corrected chi connectivity index (χ1v) is 17.8. The van der Waals surface area contributed by atoms with E-state index < -0.39 is 0 Å². The summed E-state index contributed by atoms with van der Waals surface area (Å²) in [5, 5.41) is 0. The molecule has 0 fully saturated rings. The maximum Gasteiger partial charge on any atom is 0.257 e. The number of unbranched alkanes of at least 4 members (excludes halogenated alkanes) is 22. The Hall–Kier alpha value is -0.790. The lowest BCUT2D eigenvalue weighted by Crippen LogP contribution is -2.40. The van der Waals surface area contributed by atoms with Gasteiger partial charge in [-0.1, -0.05) is 175 Å². The first-order chi connectivity index (χ1) is 18.7. The van der Waals surface area contributed by atoms with E-state index in [0.717, 1.165) is 0 Å². The summed E-state index contributed by atoms with van der Waals surface area (Å²) in [4.78, 5) is 3.67. The molecular weight excluding hydrogens is 460 g/mol. The molecule has 224 valence electrons. The Bertz CT molecular complexity index is 592. The zero-order chi connectivity index (χ0) is 27.5. The van der Waals surface area contributed by atoms with Gasteiger partial charge in [0.15, 0.2) is 0 Å². The zero-order valence-corrected chi connectivity index (χ0v) is 26.8. The van der Waals surface area contributed by atoms with Crippen LogP contribution in [0.3, 0.4) is 0 Å². The standard InChI is InChI=1S/C36H70N2/c1-5-8-10-12-14-16-17-18-19-20-21-23-25-27-29-31-35(36-37-32-33-38(36)34(4)7-3)30-28-26-24-22-15-13-11-9-6-2/h32-35H,5-31H2,1-4H3/p+1. The van der Waals surface area contributed by atoms with Crippen LogP contribution in [0, 0.1) is 0 Å². The van der Waals surface area contributed by atoms with E-state index in [1.54, 1.807) is 0 Å². The van der Waals surface area contributed by atoms with E-state index >= 15 is 0 Å². The van der Waals surface area contributed by atoms with Crippen molar-refractivity contribution in [2.45, 2.75) is 213 Å². The van der Waals surface area contributed by atoms with Gasteiger partial charge in [0.05, 0.1) is 12.0 Å². The average molecular weight is 532 g/mol. The highest BCUT2D eigenvalue weighted by Gasteiger charge is 2.24. The molecule has 0 spiro atoms. The minimum absolute atomic E-state index is 0.600. The maximum absolute atomic E-state index is 3.67. The molecule has 0 aliphatic heterocycles. The highest BCUT2D eigenvalue weighted by molar-refractivity contribution is 4.90. The third-order valence-electron chi connectivity index (χ3n) is 9.01. The Morgan fingerprint density at radius 3 is 1.21 bits per heavy atom. The van der Waals surface area contributed by atoms with E-state index in [-0.39, 0.29) is 0 Å². The fourth-order valence-corrected chi connectivity index (χ4v) is 6.15. The summed E-state index contributed by atoms with van der Waals surface area (Å²) in [6.45, 7) is 9.31. The summed E-state index contributed by atoms with van der Waals surface area (Å²) in [5.74, 6) is 2.22. The first kappa shape index (κ1) is 35.2. The van der Waals surface area contributed by atoms with Crippen LogP contribution in [0.2, 0.25) is 0 Å².